The fourth-order valence-electron chi connectivity index (χ4n) is 2.85. The van der Waals surface area contributed by atoms with Crippen molar-refractivity contribution in [3.8, 4) is 0 Å². The van der Waals surface area contributed by atoms with Crippen LogP contribution in [0.1, 0.15) is 16.8 Å². The van der Waals surface area contributed by atoms with Crippen molar-refractivity contribution in [3.05, 3.63) is 71.4 Å². The highest BCUT2D eigenvalue weighted by atomic mass is 32.2. The Hall–Kier alpha value is -2.11. The van der Waals surface area contributed by atoms with E-state index in [4.69, 9.17) is 0 Å². The number of nitrogens with one attached hydrogen (secondary N) is 1. The second-order valence-corrected chi connectivity index (χ2v) is 7.51. The quantitative estimate of drug-likeness (QED) is 0.782. The standard InChI is InChI=1S/C18H20N2O2S/c1-14-17(16-10-6-7-11-18(16)20(14)2)12-19-23(21,22)13-15-8-4-3-5-9-15/h3-11,19H,12-13H2,1-2H3. The number of benzene rings is 2. The number of rotatable bonds is 5. The molecule has 0 aliphatic heterocycles. The van der Waals surface area contributed by atoms with Crippen LogP contribution in [-0.2, 0) is 29.4 Å². The fourth-order valence-corrected chi connectivity index (χ4v) is 3.95. The molecule has 3 aromatic rings. The summed E-state index contributed by atoms with van der Waals surface area (Å²) in [6.07, 6.45) is 0. The summed E-state index contributed by atoms with van der Waals surface area (Å²) in [5.41, 5.74) is 4.00. The highest BCUT2D eigenvalue weighted by Crippen LogP contribution is 2.24. The van der Waals surface area contributed by atoms with Crippen LogP contribution in [0.2, 0.25) is 0 Å². The van der Waals surface area contributed by atoms with Crippen molar-refractivity contribution in [1.29, 1.82) is 0 Å². The molecule has 1 aromatic heterocycles. The van der Waals surface area contributed by atoms with Crippen molar-refractivity contribution in [1.82, 2.24) is 9.29 Å². The lowest BCUT2D eigenvalue weighted by Gasteiger charge is -2.08. The molecule has 0 saturated carbocycles. The first-order valence-electron chi connectivity index (χ1n) is 7.52. The summed E-state index contributed by atoms with van der Waals surface area (Å²) < 4.78 is 29.4. The number of aryl methyl sites for hydroxylation is 1. The first-order valence-corrected chi connectivity index (χ1v) is 9.17. The van der Waals surface area contributed by atoms with Crippen LogP contribution in [0.4, 0.5) is 0 Å². The van der Waals surface area contributed by atoms with Gasteiger partial charge in [-0.15, -0.1) is 0 Å². The molecule has 0 radical (unpaired) electrons. The Kier molecular flexibility index (Phi) is 4.24. The Bertz CT molecular complexity index is 928. The van der Waals surface area contributed by atoms with Gasteiger partial charge in [-0.3, -0.25) is 0 Å². The molecule has 0 aliphatic carbocycles. The van der Waals surface area contributed by atoms with Gasteiger partial charge in [0.25, 0.3) is 0 Å². The van der Waals surface area contributed by atoms with Gasteiger partial charge in [0, 0.05) is 30.2 Å². The molecule has 0 amide bonds. The van der Waals surface area contributed by atoms with Gasteiger partial charge in [0.1, 0.15) is 0 Å². The van der Waals surface area contributed by atoms with Gasteiger partial charge < -0.3 is 4.57 Å². The fraction of sp³-hybridized carbons (Fsp3) is 0.222. The zero-order valence-corrected chi connectivity index (χ0v) is 14.1. The number of para-hydroxylation sites is 1. The Morgan fingerprint density at radius 2 is 1.65 bits per heavy atom. The Labute approximate surface area is 136 Å². The number of nitrogens with zero attached hydrogens (tertiary/aromatic N) is 1. The van der Waals surface area contributed by atoms with Crippen molar-refractivity contribution in [3.63, 3.8) is 0 Å². The minimum absolute atomic E-state index is 0.00233. The van der Waals surface area contributed by atoms with Gasteiger partial charge >= 0.3 is 0 Å². The average molecular weight is 328 g/mol. The smallest absolute Gasteiger partial charge is 0.216 e. The van der Waals surface area contributed by atoms with Gasteiger partial charge in [-0.05, 0) is 24.1 Å². The van der Waals surface area contributed by atoms with Crippen LogP contribution < -0.4 is 4.72 Å². The molecule has 4 nitrogen and oxygen atoms in total. The molecule has 3 rings (SSSR count). The third-order valence-electron chi connectivity index (χ3n) is 4.20. The second-order valence-electron chi connectivity index (χ2n) is 5.71. The van der Waals surface area contributed by atoms with Crippen molar-refractivity contribution in [2.45, 2.75) is 19.2 Å². The summed E-state index contributed by atoms with van der Waals surface area (Å²) in [5.74, 6) is -0.00233. The number of hydrogen-bond acceptors (Lipinski definition) is 2. The lowest BCUT2D eigenvalue weighted by Crippen LogP contribution is -2.25. The normalized spacial score (nSPS) is 11.9. The molecule has 0 spiro atoms. The number of hydrogen-bond donors (Lipinski definition) is 1. The van der Waals surface area contributed by atoms with Crippen LogP contribution in [0.15, 0.2) is 54.6 Å². The molecular weight excluding hydrogens is 308 g/mol. The van der Waals surface area contributed by atoms with Gasteiger partial charge in [-0.25, -0.2) is 13.1 Å². The molecule has 0 unspecified atom stereocenters. The highest BCUT2D eigenvalue weighted by molar-refractivity contribution is 7.88. The van der Waals surface area contributed by atoms with E-state index in [0.717, 1.165) is 27.7 Å². The molecule has 1 N–H and O–H groups in total. The van der Waals surface area contributed by atoms with Gasteiger partial charge in [-0.1, -0.05) is 48.5 Å². The lowest BCUT2D eigenvalue weighted by molar-refractivity contribution is 0.580. The third kappa shape index (κ3) is 3.30. The van der Waals surface area contributed by atoms with E-state index >= 15 is 0 Å². The maximum atomic E-state index is 12.3. The monoisotopic (exact) mass is 328 g/mol. The first kappa shape index (κ1) is 15.8. The van der Waals surface area contributed by atoms with Crippen LogP contribution in [0, 0.1) is 6.92 Å². The van der Waals surface area contributed by atoms with E-state index in [1.165, 1.54) is 0 Å². The predicted molar refractivity (Wildman–Crippen MR) is 93.6 cm³/mol. The largest absolute Gasteiger partial charge is 0.348 e. The van der Waals surface area contributed by atoms with E-state index in [2.05, 4.69) is 9.29 Å². The maximum Gasteiger partial charge on any atom is 0.216 e. The summed E-state index contributed by atoms with van der Waals surface area (Å²) in [5, 5.41) is 1.09. The van der Waals surface area contributed by atoms with E-state index < -0.39 is 10.0 Å². The van der Waals surface area contributed by atoms with E-state index in [1.807, 2.05) is 68.6 Å². The molecule has 1 heterocycles. The van der Waals surface area contributed by atoms with Gasteiger partial charge in [-0.2, -0.15) is 0 Å². The number of fused-ring (bicyclic) bond motifs is 1. The molecule has 2 aromatic carbocycles. The minimum Gasteiger partial charge on any atom is -0.348 e. The first-order chi connectivity index (χ1) is 11.0. The highest BCUT2D eigenvalue weighted by Gasteiger charge is 2.15. The SMILES string of the molecule is Cc1c(CNS(=O)(=O)Cc2ccccc2)c2ccccc2n1C. The van der Waals surface area contributed by atoms with E-state index in [-0.39, 0.29) is 5.75 Å². The predicted octanol–water partition coefficient (Wildman–Crippen LogP) is 3.11. The molecule has 0 bridgehead atoms. The summed E-state index contributed by atoms with van der Waals surface area (Å²) in [7, 11) is -1.37. The van der Waals surface area contributed by atoms with Gasteiger partial charge in [0.15, 0.2) is 0 Å². The van der Waals surface area contributed by atoms with Crippen LogP contribution >= 0.6 is 0 Å². The van der Waals surface area contributed by atoms with Crippen molar-refractivity contribution in [2.75, 3.05) is 0 Å². The summed E-state index contributed by atoms with van der Waals surface area (Å²) in [6.45, 7) is 2.32. The number of sulfonamides is 1. The van der Waals surface area contributed by atoms with E-state index in [0.29, 0.717) is 6.54 Å². The van der Waals surface area contributed by atoms with Gasteiger partial charge in [0.2, 0.25) is 10.0 Å². The summed E-state index contributed by atoms with van der Waals surface area (Å²) >= 11 is 0. The number of aromatic nitrogens is 1. The zero-order valence-electron chi connectivity index (χ0n) is 13.3. The van der Waals surface area contributed by atoms with Crippen molar-refractivity contribution >= 4 is 20.9 Å². The molecule has 0 aliphatic rings. The van der Waals surface area contributed by atoms with E-state index in [9.17, 15) is 8.42 Å². The molecule has 0 fully saturated rings. The van der Waals surface area contributed by atoms with Crippen LogP contribution in [-0.4, -0.2) is 13.0 Å². The van der Waals surface area contributed by atoms with Gasteiger partial charge in [0.05, 0.1) is 5.75 Å². The van der Waals surface area contributed by atoms with E-state index in [1.54, 1.807) is 0 Å². The van der Waals surface area contributed by atoms with Crippen molar-refractivity contribution in [2.24, 2.45) is 7.05 Å². The minimum atomic E-state index is -3.37. The topological polar surface area (TPSA) is 51.1 Å². The second kappa shape index (κ2) is 6.18. The Morgan fingerprint density at radius 3 is 2.39 bits per heavy atom. The third-order valence-corrected chi connectivity index (χ3v) is 5.50. The molecule has 120 valence electrons. The zero-order chi connectivity index (χ0) is 16.4. The summed E-state index contributed by atoms with van der Waals surface area (Å²) in [6, 6.07) is 17.3. The maximum absolute atomic E-state index is 12.3. The molecule has 23 heavy (non-hydrogen) atoms. The molecule has 0 saturated heterocycles. The van der Waals surface area contributed by atoms with Crippen molar-refractivity contribution < 1.29 is 8.42 Å². The van der Waals surface area contributed by atoms with Crippen LogP contribution in [0.25, 0.3) is 10.9 Å². The molecular formula is C18H20N2O2S. The Balaban J connectivity index is 1.82. The lowest BCUT2D eigenvalue weighted by atomic mass is 10.1. The van der Waals surface area contributed by atoms with Crippen LogP contribution in [0.3, 0.4) is 0 Å². The average Bonchev–Trinajstić information content (AvgIpc) is 2.78. The molecule has 5 heteroatoms. The van der Waals surface area contributed by atoms with Crippen LogP contribution in [0.5, 0.6) is 0 Å². The molecule has 0 atom stereocenters. The Morgan fingerprint density at radius 1 is 1.00 bits per heavy atom. The summed E-state index contributed by atoms with van der Waals surface area (Å²) in [4.78, 5) is 0.